The zero-order valence-corrected chi connectivity index (χ0v) is 9.59. The standard InChI is InChI=1S/C12H9ClN2O2/c13-10-3-1-2-9(6-10)8-17-12(16)11-7-14-4-5-15-11/h1-7H,8H2. The van der Waals surface area contributed by atoms with Gasteiger partial charge in [0.15, 0.2) is 5.69 Å². The molecule has 0 aliphatic heterocycles. The molecular formula is C12H9ClN2O2. The lowest BCUT2D eigenvalue weighted by molar-refractivity contribution is 0.0465. The van der Waals surface area contributed by atoms with Gasteiger partial charge in [-0.15, -0.1) is 0 Å². The third-order valence-electron chi connectivity index (χ3n) is 2.03. The minimum atomic E-state index is -0.502. The molecule has 0 saturated carbocycles. The van der Waals surface area contributed by atoms with Crippen molar-refractivity contribution in [1.29, 1.82) is 0 Å². The van der Waals surface area contributed by atoms with E-state index >= 15 is 0 Å². The highest BCUT2D eigenvalue weighted by atomic mass is 35.5. The Bertz CT molecular complexity index is 517. The zero-order chi connectivity index (χ0) is 12.1. The van der Waals surface area contributed by atoms with Gasteiger partial charge in [0.1, 0.15) is 6.61 Å². The predicted molar refractivity (Wildman–Crippen MR) is 62.6 cm³/mol. The summed E-state index contributed by atoms with van der Waals surface area (Å²) >= 11 is 5.81. The van der Waals surface area contributed by atoms with E-state index in [1.807, 2.05) is 6.07 Å². The molecule has 5 heteroatoms. The number of carbonyl (C=O) groups excluding carboxylic acids is 1. The van der Waals surface area contributed by atoms with E-state index < -0.39 is 5.97 Å². The Morgan fingerprint density at radius 2 is 2.24 bits per heavy atom. The largest absolute Gasteiger partial charge is 0.456 e. The summed E-state index contributed by atoms with van der Waals surface area (Å²) in [7, 11) is 0. The summed E-state index contributed by atoms with van der Waals surface area (Å²) in [6.07, 6.45) is 4.30. The molecule has 17 heavy (non-hydrogen) atoms. The fourth-order valence-corrected chi connectivity index (χ4v) is 1.47. The Morgan fingerprint density at radius 1 is 1.35 bits per heavy atom. The highest BCUT2D eigenvalue weighted by Gasteiger charge is 2.08. The number of esters is 1. The van der Waals surface area contributed by atoms with Crippen LogP contribution in [0.5, 0.6) is 0 Å². The van der Waals surface area contributed by atoms with Crippen molar-refractivity contribution >= 4 is 17.6 Å². The van der Waals surface area contributed by atoms with Crippen molar-refractivity contribution in [2.45, 2.75) is 6.61 Å². The molecule has 1 heterocycles. The molecule has 2 aromatic rings. The highest BCUT2D eigenvalue weighted by Crippen LogP contribution is 2.11. The first-order chi connectivity index (χ1) is 8.25. The fraction of sp³-hybridized carbons (Fsp3) is 0.0833. The van der Waals surface area contributed by atoms with Gasteiger partial charge < -0.3 is 4.74 Å². The van der Waals surface area contributed by atoms with Crippen LogP contribution in [-0.4, -0.2) is 15.9 Å². The molecule has 0 N–H and O–H groups in total. The van der Waals surface area contributed by atoms with Gasteiger partial charge in [0.2, 0.25) is 0 Å². The Labute approximate surface area is 103 Å². The van der Waals surface area contributed by atoms with Gasteiger partial charge in [0, 0.05) is 17.4 Å². The molecule has 0 aliphatic rings. The van der Waals surface area contributed by atoms with Crippen molar-refractivity contribution in [3.05, 3.63) is 59.1 Å². The van der Waals surface area contributed by atoms with Crippen LogP contribution < -0.4 is 0 Å². The Kier molecular flexibility index (Phi) is 3.67. The van der Waals surface area contributed by atoms with Gasteiger partial charge in [0.05, 0.1) is 6.20 Å². The van der Waals surface area contributed by atoms with Crippen LogP contribution in [0.25, 0.3) is 0 Å². The second-order valence-electron chi connectivity index (χ2n) is 3.30. The number of carbonyl (C=O) groups is 1. The first-order valence-corrected chi connectivity index (χ1v) is 5.31. The van der Waals surface area contributed by atoms with E-state index in [2.05, 4.69) is 9.97 Å². The maximum absolute atomic E-state index is 11.5. The number of hydrogen-bond acceptors (Lipinski definition) is 4. The smallest absolute Gasteiger partial charge is 0.358 e. The Hall–Kier alpha value is -1.94. The molecule has 0 unspecified atom stereocenters. The molecular weight excluding hydrogens is 240 g/mol. The maximum Gasteiger partial charge on any atom is 0.358 e. The Morgan fingerprint density at radius 3 is 2.94 bits per heavy atom. The van der Waals surface area contributed by atoms with Crippen molar-refractivity contribution in [2.75, 3.05) is 0 Å². The Balaban J connectivity index is 1.97. The van der Waals surface area contributed by atoms with E-state index in [9.17, 15) is 4.79 Å². The normalized spacial score (nSPS) is 9.94. The van der Waals surface area contributed by atoms with Gasteiger partial charge in [-0.1, -0.05) is 23.7 Å². The van der Waals surface area contributed by atoms with Gasteiger partial charge in [-0.05, 0) is 17.7 Å². The number of aromatic nitrogens is 2. The van der Waals surface area contributed by atoms with Gasteiger partial charge in [-0.25, -0.2) is 9.78 Å². The van der Waals surface area contributed by atoms with Crippen LogP contribution in [0.1, 0.15) is 16.1 Å². The first-order valence-electron chi connectivity index (χ1n) is 4.93. The lowest BCUT2D eigenvalue weighted by Gasteiger charge is -2.04. The van der Waals surface area contributed by atoms with Crippen molar-refractivity contribution in [1.82, 2.24) is 9.97 Å². The van der Waals surface area contributed by atoms with Crippen LogP contribution in [-0.2, 0) is 11.3 Å². The first kappa shape index (κ1) is 11.5. The van der Waals surface area contributed by atoms with Gasteiger partial charge >= 0.3 is 5.97 Å². The van der Waals surface area contributed by atoms with Crippen molar-refractivity contribution < 1.29 is 9.53 Å². The summed E-state index contributed by atoms with van der Waals surface area (Å²) in [5.41, 5.74) is 1.02. The highest BCUT2D eigenvalue weighted by molar-refractivity contribution is 6.30. The summed E-state index contributed by atoms with van der Waals surface area (Å²) in [6.45, 7) is 0.163. The molecule has 0 amide bonds. The summed E-state index contributed by atoms with van der Waals surface area (Å²) in [5.74, 6) is -0.502. The summed E-state index contributed by atoms with van der Waals surface area (Å²) in [5, 5.41) is 0.609. The van der Waals surface area contributed by atoms with Crippen LogP contribution >= 0.6 is 11.6 Å². The second kappa shape index (κ2) is 5.41. The van der Waals surface area contributed by atoms with E-state index in [-0.39, 0.29) is 12.3 Å². The lowest BCUT2D eigenvalue weighted by Crippen LogP contribution is -2.07. The van der Waals surface area contributed by atoms with Crippen molar-refractivity contribution in [2.24, 2.45) is 0 Å². The topological polar surface area (TPSA) is 52.1 Å². The summed E-state index contributed by atoms with van der Waals surface area (Å²) in [6, 6.07) is 7.13. The third-order valence-corrected chi connectivity index (χ3v) is 2.27. The monoisotopic (exact) mass is 248 g/mol. The van der Waals surface area contributed by atoms with E-state index in [0.717, 1.165) is 5.56 Å². The molecule has 0 atom stereocenters. The maximum atomic E-state index is 11.5. The molecule has 4 nitrogen and oxygen atoms in total. The summed E-state index contributed by atoms with van der Waals surface area (Å²) in [4.78, 5) is 19.2. The minimum Gasteiger partial charge on any atom is -0.456 e. The molecule has 0 radical (unpaired) electrons. The van der Waals surface area contributed by atoms with Crippen LogP contribution in [0.2, 0.25) is 5.02 Å². The quantitative estimate of drug-likeness (QED) is 0.783. The number of hydrogen-bond donors (Lipinski definition) is 0. The van der Waals surface area contributed by atoms with E-state index in [1.165, 1.54) is 18.6 Å². The van der Waals surface area contributed by atoms with Gasteiger partial charge in [-0.3, -0.25) is 4.98 Å². The molecule has 2 rings (SSSR count). The SMILES string of the molecule is O=C(OCc1cccc(Cl)c1)c1cnccn1. The molecule has 1 aromatic carbocycles. The molecule has 86 valence electrons. The van der Waals surface area contributed by atoms with Crippen LogP contribution in [0, 0.1) is 0 Å². The average molecular weight is 249 g/mol. The predicted octanol–water partition coefficient (Wildman–Crippen LogP) is 2.49. The number of benzene rings is 1. The van der Waals surface area contributed by atoms with E-state index in [0.29, 0.717) is 5.02 Å². The molecule has 0 spiro atoms. The van der Waals surface area contributed by atoms with Crippen LogP contribution in [0.3, 0.4) is 0 Å². The molecule has 0 aliphatic carbocycles. The third kappa shape index (κ3) is 3.26. The summed E-state index contributed by atoms with van der Waals surface area (Å²) < 4.78 is 5.07. The molecule has 0 saturated heterocycles. The number of nitrogens with zero attached hydrogens (tertiary/aromatic N) is 2. The van der Waals surface area contributed by atoms with Crippen LogP contribution in [0.15, 0.2) is 42.9 Å². The van der Waals surface area contributed by atoms with Gasteiger partial charge in [0.25, 0.3) is 0 Å². The van der Waals surface area contributed by atoms with Crippen molar-refractivity contribution in [3.8, 4) is 0 Å². The van der Waals surface area contributed by atoms with Crippen molar-refractivity contribution in [3.63, 3.8) is 0 Å². The van der Waals surface area contributed by atoms with E-state index in [1.54, 1.807) is 18.2 Å². The van der Waals surface area contributed by atoms with E-state index in [4.69, 9.17) is 16.3 Å². The zero-order valence-electron chi connectivity index (χ0n) is 8.84. The lowest BCUT2D eigenvalue weighted by atomic mass is 10.2. The fourth-order valence-electron chi connectivity index (χ4n) is 1.25. The number of ether oxygens (including phenoxy) is 1. The number of rotatable bonds is 3. The average Bonchev–Trinajstić information content (AvgIpc) is 2.37. The minimum absolute atomic E-state index is 0.163. The van der Waals surface area contributed by atoms with Crippen LogP contribution in [0.4, 0.5) is 0 Å². The molecule has 1 aromatic heterocycles. The second-order valence-corrected chi connectivity index (χ2v) is 3.73. The van der Waals surface area contributed by atoms with Gasteiger partial charge in [-0.2, -0.15) is 0 Å². The molecule has 0 bridgehead atoms. The number of halogens is 1. The molecule has 0 fully saturated rings.